The summed E-state index contributed by atoms with van der Waals surface area (Å²) in [7, 11) is 0. The highest BCUT2D eigenvalue weighted by Crippen LogP contribution is 2.43. The molecule has 1 fully saturated rings. The van der Waals surface area contributed by atoms with Gasteiger partial charge in [0, 0.05) is 24.4 Å². The van der Waals surface area contributed by atoms with E-state index in [-0.39, 0.29) is 53.2 Å². The fourth-order valence-electron chi connectivity index (χ4n) is 5.14. The molecule has 294 valence electrons. The van der Waals surface area contributed by atoms with E-state index in [1.54, 1.807) is 6.92 Å². The Morgan fingerprint density at radius 2 is 1.73 bits per heavy atom. The third-order valence-corrected chi connectivity index (χ3v) is 8.14. The zero-order valence-corrected chi connectivity index (χ0v) is 29.5. The van der Waals surface area contributed by atoms with Crippen LogP contribution in [0.4, 0.5) is 35.1 Å². The summed E-state index contributed by atoms with van der Waals surface area (Å²) in [6.07, 6.45) is -8.56. The number of benzene rings is 1. The molecule has 1 aliphatic rings. The van der Waals surface area contributed by atoms with Crippen LogP contribution < -0.4 is 26.0 Å². The van der Waals surface area contributed by atoms with Gasteiger partial charge in [-0.25, -0.2) is 4.79 Å². The molecule has 0 bridgehead atoms. The number of alkyl halides is 8. The predicted octanol–water partition coefficient (Wildman–Crippen LogP) is 2.41. The number of carbonyl (C=O) groups is 3. The van der Waals surface area contributed by atoms with Crippen LogP contribution in [0, 0.1) is 11.3 Å². The average Bonchev–Trinajstić information content (AvgIpc) is 3.35. The smallest absolute Gasteiger partial charge is 0.430 e. The first-order chi connectivity index (χ1) is 23.9. The van der Waals surface area contributed by atoms with Crippen LogP contribution in [0.2, 0.25) is 5.02 Å². The number of carbonyl (C=O) groups excluding carboxylic acids is 3. The van der Waals surface area contributed by atoms with Gasteiger partial charge in [0.05, 0.1) is 29.2 Å². The summed E-state index contributed by atoms with van der Waals surface area (Å²) in [5.41, 5.74) is -2.01. The summed E-state index contributed by atoms with van der Waals surface area (Å²) in [5, 5.41) is 15.7. The molecule has 3 atom stereocenters. The lowest BCUT2D eigenvalue weighted by Crippen LogP contribution is -3.18. The van der Waals surface area contributed by atoms with Gasteiger partial charge in [-0.2, -0.15) is 54.5 Å². The van der Waals surface area contributed by atoms with E-state index < -0.39 is 66.0 Å². The Balaban J connectivity index is 0.00000119. The van der Waals surface area contributed by atoms with E-state index in [9.17, 15) is 44.7 Å². The lowest BCUT2D eigenvalue weighted by atomic mass is 9.84. The second kappa shape index (κ2) is 19.8. The van der Waals surface area contributed by atoms with Gasteiger partial charge in [-0.3, -0.25) is 9.48 Å². The summed E-state index contributed by atoms with van der Waals surface area (Å²) in [4.78, 5) is 39.0. The van der Waals surface area contributed by atoms with Crippen molar-refractivity contribution in [2.75, 3.05) is 19.6 Å². The number of carboxylic acid groups (broad SMARTS) is 1. The van der Waals surface area contributed by atoms with Crippen LogP contribution >= 0.6 is 11.6 Å². The van der Waals surface area contributed by atoms with Crippen molar-refractivity contribution in [2.45, 2.75) is 78.5 Å². The molecule has 0 spiro atoms. The summed E-state index contributed by atoms with van der Waals surface area (Å²) >= 11 is 5.84. The van der Waals surface area contributed by atoms with Crippen molar-refractivity contribution in [1.82, 2.24) is 15.1 Å². The van der Waals surface area contributed by atoms with E-state index in [1.807, 2.05) is 0 Å². The van der Waals surface area contributed by atoms with Crippen molar-refractivity contribution in [1.29, 1.82) is 0 Å². The van der Waals surface area contributed by atoms with Crippen LogP contribution in [0.1, 0.15) is 56.6 Å². The molecule has 23 heteroatoms. The van der Waals surface area contributed by atoms with Crippen molar-refractivity contribution >= 4 is 41.0 Å². The molecule has 1 aromatic carbocycles. The number of quaternary nitrogens is 1. The average molecular weight is 802 g/mol. The minimum atomic E-state index is -5.19. The SMILES string of the molecule is CCn1nc(C(=O)NC[C@H]2CC[C@H](C)C[NH+]2CC(=O)ON)c(Cl)c1-c1ccc(CC(C)(C)C(F)(F)F)cc1OC(F)F.O=C([O-])C(F)(F)F.O=S=O. The fraction of sp³-hybridized carbons (Fsp3) is 0.586. The zero-order chi connectivity index (χ0) is 40.2. The Labute approximate surface area is 300 Å². The van der Waals surface area contributed by atoms with E-state index in [0.717, 1.165) is 37.7 Å². The number of amides is 1. The van der Waals surface area contributed by atoms with Gasteiger partial charge in [0.15, 0.2) is 12.2 Å². The van der Waals surface area contributed by atoms with Crippen molar-refractivity contribution in [2.24, 2.45) is 17.2 Å². The number of rotatable bonds is 11. The normalized spacial score (nSPS) is 17.6. The van der Waals surface area contributed by atoms with E-state index >= 15 is 0 Å². The summed E-state index contributed by atoms with van der Waals surface area (Å²) < 4.78 is 121. The highest BCUT2D eigenvalue weighted by atomic mass is 35.5. The number of halogens is 9. The Bertz CT molecular complexity index is 1570. The highest BCUT2D eigenvalue weighted by molar-refractivity contribution is 7.51. The van der Waals surface area contributed by atoms with Gasteiger partial charge in [-0.05, 0) is 37.5 Å². The zero-order valence-electron chi connectivity index (χ0n) is 28.0. The number of nitrogens with zero attached hydrogens (tertiary/aromatic N) is 2. The Morgan fingerprint density at radius 3 is 2.21 bits per heavy atom. The second-order valence-electron chi connectivity index (χ2n) is 12.1. The van der Waals surface area contributed by atoms with E-state index in [4.69, 9.17) is 35.8 Å². The highest BCUT2D eigenvalue weighted by Gasteiger charge is 2.47. The first kappa shape index (κ1) is 46.1. The summed E-state index contributed by atoms with van der Waals surface area (Å²) in [6.45, 7) is 3.65. The number of carboxylic acids is 1. The Hall–Kier alpha value is -3.89. The number of aromatic nitrogens is 2. The number of hydrogen-bond acceptors (Lipinski definition) is 10. The number of nitrogens with two attached hydrogens (primary N) is 1. The number of likely N-dealkylation sites (tertiary alicyclic amines) is 1. The summed E-state index contributed by atoms with van der Waals surface area (Å²) in [5.74, 6) is 0.772. The van der Waals surface area contributed by atoms with Crippen molar-refractivity contribution in [3.63, 3.8) is 0 Å². The molecule has 1 saturated heterocycles. The van der Waals surface area contributed by atoms with E-state index in [0.29, 0.717) is 12.5 Å². The Kier molecular flexibility index (Phi) is 17.6. The molecular weight excluding hydrogens is 766 g/mol. The third kappa shape index (κ3) is 13.6. The molecule has 1 unspecified atom stereocenters. The largest absolute Gasteiger partial charge is 0.542 e. The van der Waals surface area contributed by atoms with Gasteiger partial charge in [0.25, 0.3) is 5.91 Å². The molecule has 1 amide bonds. The number of piperidine rings is 1. The molecule has 4 N–H and O–H groups in total. The maximum atomic E-state index is 13.5. The minimum Gasteiger partial charge on any atom is -0.542 e. The van der Waals surface area contributed by atoms with Crippen LogP contribution in [-0.2, 0) is 39.0 Å². The van der Waals surface area contributed by atoms with Crippen molar-refractivity contribution in [3.8, 4) is 17.0 Å². The maximum absolute atomic E-state index is 13.5. The Morgan fingerprint density at radius 1 is 1.15 bits per heavy atom. The molecule has 2 heterocycles. The molecule has 0 aliphatic carbocycles. The molecule has 3 rings (SSSR count). The summed E-state index contributed by atoms with van der Waals surface area (Å²) in [6, 6.07) is 3.72. The quantitative estimate of drug-likeness (QED) is 0.225. The van der Waals surface area contributed by atoms with Crippen LogP contribution in [0.25, 0.3) is 11.3 Å². The molecule has 0 saturated carbocycles. The first-order valence-electron chi connectivity index (χ1n) is 15.1. The van der Waals surface area contributed by atoms with Crippen molar-refractivity contribution < 1.29 is 77.5 Å². The number of aliphatic carboxylic acids is 1. The fourth-order valence-corrected chi connectivity index (χ4v) is 5.47. The molecular formula is C29H36ClF8N5O8S. The van der Waals surface area contributed by atoms with Gasteiger partial charge < -0.3 is 29.7 Å². The molecule has 1 aliphatic heterocycles. The lowest BCUT2D eigenvalue weighted by Gasteiger charge is -2.34. The predicted molar refractivity (Wildman–Crippen MR) is 164 cm³/mol. The monoisotopic (exact) mass is 801 g/mol. The van der Waals surface area contributed by atoms with Crippen LogP contribution in [0.5, 0.6) is 5.75 Å². The number of ether oxygens (including phenoxy) is 1. The van der Waals surface area contributed by atoms with Gasteiger partial charge in [-0.1, -0.05) is 38.4 Å². The second-order valence-corrected chi connectivity index (χ2v) is 12.6. The van der Waals surface area contributed by atoms with Crippen molar-refractivity contribution in [3.05, 3.63) is 34.5 Å². The topological polar surface area (TPSA) is 187 Å². The van der Waals surface area contributed by atoms with Crippen LogP contribution in [-0.4, -0.2) is 80.7 Å². The van der Waals surface area contributed by atoms with Gasteiger partial charge in [0.2, 0.25) is 0 Å². The third-order valence-electron chi connectivity index (χ3n) is 7.78. The van der Waals surface area contributed by atoms with E-state index in [2.05, 4.69) is 26.9 Å². The van der Waals surface area contributed by atoms with Crippen LogP contribution in [0.3, 0.4) is 0 Å². The molecule has 13 nitrogen and oxygen atoms in total. The van der Waals surface area contributed by atoms with Crippen LogP contribution in [0.15, 0.2) is 18.2 Å². The molecule has 52 heavy (non-hydrogen) atoms. The maximum Gasteiger partial charge on any atom is 0.430 e. The van der Waals surface area contributed by atoms with Gasteiger partial charge in [0.1, 0.15) is 17.8 Å². The number of hydrogen-bond donors (Lipinski definition) is 3. The number of aryl methyl sites for hydroxylation is 1. The minimum absolute atomic E-state index is 0.0412. The van der Waals surface area contributed by atoms with E-state index in [1.165, 1.54) is 16.8 Å². The standard InChI is InChI=1S/C27H35ClF5N5O4.C2HF3O2.O2S/c1-5-38-23(18-9-7-16(10-19(18)41-25(29)30)11-26(3,4)27(31,32)33)21(28)22(36-38)24(40)35-12-17-8-6-15(2)13-37(17)14-20(39)42-34;3-2(4,5)1(6)7;1-3-2/h7,9-10,15,17,25H,5-6,8,11-14,34H2,1-4H3,(H,35,40);(H,6,7);/t15-,17+;;/m0../s1. The molecule has 0 radical (unpaired) electrons. The van der Waals surface area contributed by atoms with Gasteiger partial charge >= 0.3 is 36.5 Å². The number of nitrogens with one attached hydrogen (secondary N) is 2. The lowest BCUT2D eigenvalue weighted by molar-refractivity contribution is -0.925. The molecule has 2 aromatic rings. The molecule has 1 aromatic heterocycles. The first-order valence-corrected chi connectivity index (χ1v) is 16.1. The van der Waals surface area contributed by atoms with Gasteiger partial charge in [-0.15, -0.1) is 0 Å².